The van der Waals surface area contributed by atoms with E-state index in [0.717, 1.165) is 6.42 Å². The first kappa shape index (κ1) is 23.9. The summed E-state index contributed by atoms with van der Waals surface area (Å²) >= 11 is 12.0. The molecule has 1 aliphatic rings. The van der Waals surface area contributed by atoms with Crippen molar-refractivity contribution in [3.05, 3.63) is 52.0 Å². The topological polar surface area (TPSA) is 87.7 Å². The third-order valence-corrected chi connectivity index (χ3v) is 5.77. The molecule has 0 unspecified atom stereocenters. The third-order valence-electron chi connectivity index (χ3n) is 5.22. The highest BCUT2D eigenvalue weighted by molar-refractivity contribution is 6.36. The van der Waals surface area contributed by atoms with Gasteiger partial charge in [0.05, 0.1) is 23.4 Å². The molecule has 0 saturated carbocycles. The minimum atomic E-state index is -0.805. The van der Waals surface area contributed by atoms with Crippen molar-refractivity contribution < 1.29 is 19.1 Å². The van der Waals surface area contributed by atoms with Gasteiger partial charge in [0.15, 0.2) is 0 Å². The van der Waals surface area contributed by atoms with E-state index in [4.69, 9.17) is 27.9 Å². The van der Waals surface area contributed by atoms with Crippen LogP contribution in [0.15, 0.2) is 36.4 Å². The fraction of sp³-hybridized carbons (Fsp3) is 0.348. The smallest absolute Gasteiger partial charge is 0.253 e. The van der Waals surface area contributed by atoms with Crippen LogP contribution in [0.25, 0.3) is 0 Å². The lowest BCUT2D eigenvalue weighted by atomic mass is 10.0. The van der Waals surface area contributed by atoms with E-state index in [1.54, 1.807) is 29.2 Å². The molecule has 32 heavy (non-hydrogen) atoms. The number of methoxy groups -OCH3 is 1. The zero-order valence-electron chi connectivity index (χ0n) is 18.1. The molecule has 1 saturated heterocycles. The second kappa shape index (κ2) is 10.2. The summed E-state index contributed by atoms with van der Waals surface area (Å²) in [7, 11) is 1.51. The van der Waals surface area contributed by atoms with Gasteiger partial charge in [-0.05, 0) is 42.7 Å². The van der Waals surface area contributed by atoms with Gasteiger partial charge in [-0.25, -0.2) is 0 Å². The molecular weight excluding hydrogens is 453 g/mol. The Balaban J connectivity index is 1.75. The summed E-state index contributed by atoms with van der Waals surface area (Å²) in [6.07, 6.45) is 1.31. The van der Waals surface area contributed by atoms with Gasteiger partial charge < -0.3 is 20.3 Å². The summed E-state index contributed by atoms with van der Waals surface area (Å²) in [5, 5.41) is 6.18. The quantitative estimate of drug-likeness (QED) is 0.613. The third kappa shape index (κ3) is 5.34. The Morgan fingerprint density at radius 2 is 1.88 bits per heavy atom. The Kier molecular flexibility index (Phi) is 7.64. The molecule has 1 fully saturated rings. The lowest BCUT2D eigenvalue weighted by Gasteiger charge is -2.23. The highest BCUT2D eigenvalue weighted by Gasteiger charge is 2.27. The monoisotopic (exact) mass is 477 g/mol. The molecule has 9 heteroatoms. The molecule has 1 atom stereocenters. The van der Waals surface area contributed by atoms with Crippen LogP contribution in [0.3, 0.4) is 0 Å². The van der Waals surface area contributed by atoms with E-state index in [9.17, 15) is 14.4 Å². The summed E-state index contributed by atoms with van der Waals surface area (Å²) in [6.45, 7) is 4.29. The molecule has 2 aromatic rings. The number of amides is 3. The average molecular weight is 478 g/mol. The Hall–Kier alpha value is -2.77. The van der Waals surface area contributed by atoms with Crippen molar-refractivity contribution >= 4 is 52.3 Å². The Labute approximate surface area is 197 Å². The van der Waals surface area contributed by atoms with Crippen LogP contribution in [0.5, 0.6) is 5.75 Å². The molecule has 2 aromatic carbocycles. The number of carbonyl (C=O) groups excluding carboxylic acids is 3. The standard InChI is InChI=1S/C23H25Cl2N3O4/c1-13(2)21(27-22(30)16-8-6-14(24)11-17(16)25)23(31)26-15-7-9-18(19(12-15)32-3)28-10-4-5-20(28)29/h6-9,11-13,21H,4-5,10H2,1-3H3,(H,26,31)(H,27,30)/t21-/m1/s1. The van der Waals surface area contributed by atoms with Gasteiger partial charge in [0, 0.05) is 29.7 Å². The van der Waals surface area contributed by atoms with Crippen LogP contribution in [-0.4, -0.2) is 37.4 Å². The molecule has 3 rings (SSSR count). The van der Waals surface area contributed by atoms with Crippen molar-refractivity contribution in [3.63, 3.8) is 0 Å². The molecule has 0 aromatic heterocycles. The van der Waals surface area contributed by atoms with Crippen molar-refractivity contribution in [1.29, 1.82) is 0 Å². The Morgan fingerprint density at radius 1 is 1.12 bits per heavy atom. The summed E-state index contributed by atoms with van der Waals surface area (Å²) in [5.74, 6) is -0.514. The molecule has 0 spiro atoms. The molecule has 7 nitrogen and oxygen atoms in total. The number of anilines is 2. The van der Waals surface area contributed by atoms with Crippen LogP contribution in [0.2, 0.25) is 10.0 Å². The van der Waals surface area contributed by atoms with Crippen molar-refractivity contribution in [1.82, 2.24) is 5.32 Å². The van der Waals surface area contributed by atoms with Gasteiger partial charge in [0.2, 0.25) is 11.8 Å². The zero-order chi connectivity index (χ0) is 23.4. The van der Waals surface area contributed by atoms with Gasteiger partial charge in [0.1, 0.15) is 11.8 Å². The maximum absolute atomic E-state index is 13.0. The first-order chi connectivity index (χ1) is 15.2. The SMILES string of the molecule is COc1cc(NC(=O)[C@H](NC(=O)c2ccc(Cl)cc2Cl)C(C)C)ccc1N1CCCC1=O. The first-order valence-electron chi connectivity index (χ1n) is 10.3. The molecule has 170 valence electrons. The van der Waals surface area contributed by atoms with E-state index in [1.807, 2.05) is 13.8 Å². The molecule has 1 heterocycles. The Bertz CT molecular complexity index is 1040. The number of hydrogen-bond donors (Lipinski definition) is 2. The summed E-state index contributed by atoms with van der Waals surface area (Å²) in [6, 6.07) is 8.85. The highest BCUT2D eigenvalue weighted by Crippen LogP contribution is 2.34. The fourth-order valence-electron chi connectivity index (χ4n) is 3.53. The molecule has 1 aliphatic heterocycles. The summed E-state index contributed by atoms with van der Waals surface area (Å²) < 4.78 is 5.44. The second-order valence-corrected chi connectivity index (χ2v) is 8.69. The van der Waals surface area contributed by atoms with Crippen molar-refractivity contribution in [2.24, 2.45) is 5.92 Å². The lowest BCUT2D eigenvalue weighted by Crippen LogP contribution is -2.47. The minimum Gasteiger partial charge on any atom is -0.494 e. The Morgan fingerprint density at radius 3 is 2.47 bits per heavy atom. The largest absolute Gasteiger partial charge is 0.494 e. The lowest BCUT2D eigenvalue weighted by molar-refractivity contribution is -0.119. The van der Waals surface area contributed by atoms with Crippen LogP contribution in [0.4, 0.5) is 11.4 Å². The zero-order valence-corrected chi connectivity index (χ0v) is 19.6. The molecule has 2 N–H and O–H groups in total. The molecule has 0 radical (unpaired) electrons. The maximum Gasteiger partial charge on any atom is 0.253 e. The molecule has 0 aliphatic carbocycles. The number of rotatable bonds is 7. The van der Waals surface area contributed by atoms with Gasteiger partial charge in [-0.3, -0.25) is 14.4 Å². The van der Waals surface area contributed by atoms with Crippen LogP contribution < -0.4 is 20.3 Å². The van der Waals surface area contributed by atoms with Gasteiger partial charge >= 0.3 is 0 Å². The summed E-state index contributed by atoms with van der Waals surface area (Å²) in [5.41, 5.74) is 1.39. The van der Waals surface area contributed by atoms with Crippen LogP contribution in [0.1, 0.15) is 37.0 Å². The van der Waals surface area contributed by atoms with Crippen LogP contribution in [-0.2, 0) is 9.59 Å². The normalized spacial score (nSPS) is 14.4. The second-order valence-electron chi connectivity index (χ2n) is 7.84. The number of hydrogen-bond acceptors (Lipinski definition) is 4. The number of ether oxygens (including phenoxy) is 1. The van der Waals surface area contributed by atoms with E-state index < -0.39 is 11.9 Å². The van der Waals surface area contributed by atoms with Crippen LogP contribution in [0, 0.1) is 5.92 Å². The maximum atomic E-state index is 13.0. The van der Waals surface area contributed by atoms with E-state index in [2.05, 4.69) is 10.6 Å². The van der Waals surface area contributed by atoms with E-state index in [-0.39, 0.29) is 28.3 Å². The van der Waals surface area contributed by atoms with E-state index in [1.165, 1.54) is 19.2 Å². The number of carbonyl (C=O) groups is 3. The number of halogens is 2. The number of nitrogens with zero attached hydrogens (tertiary/aromatic N) is 1. The molecule has 0 bridgehead atoms. The van der Waals surface area contributed by atoms with Gasteiger partial charge in [-0.1, -0.05) is 37.0 Å². The van der Waals surface area contributed by atoms with Gasteiger partial charge in [-0.15, -0.1) is 0 Å². The van der Waals surface area contributed by atoms with Crippen molar-refractivity contribution in [2.45, 2.75) is 32.7 Å². The first-order valence-corrected chi connectivity index (χ1v) is 11.0. The predicted molar refractivity (Wildman–Crippen MR) is 126 cm³/mol. The predicted octanol–water partition coefficient (Wildman–Crippen LogP) is 4.52. The van der Waals surface area contributed by atoms with Crippen molar-refractivity contribution in [3.8, 4) is 5.75 Å². The molecule has 3 amide bonds. The summed E-state index contributed by atoms with van der Waals surface area (Å²) in [4.78, 5) is 39.4. The van der Waals surface area contributed by atoms with E-state index in [0.29, 0.717) is 35.1 Å². The number of benzene rings is 2. The highest BCUT2D eigenvalue weighted by atomic mass is 35.5. The van der Waals surface area contributed by atoms with E-state index >= 15 is 0 Å². The average Bonchev–Trinajstić information content (AvgIpc) is 3.17. The van der Waals surface area contributed by atoms with Crippen LogP contribution >= 0.6 is 23.2 Å². The minimum absolute atomic E-state index is 0.0449. The number of nitrogens with one attached hydrogen (secondary N) is 2. The van der Waals surface area contributed by atoms with Gasteiger partial charge in [-0.2, -0.15) is 0 Å². The molecular formula is C23H25Cl2N3O4. The van der Waals surface area contributed by atoms with Crippen molar-refractivity contribution in [2.75, 3.05) is 23.9 Å². The van der Waals surface area contributed by atoms with Gasteiger partial charge in [0.25, 0.3) is 5.91 Å². The fourth-order valence-corrected chi connectivity index (χ4v) is 4.02.